The third kappa shape index (κ3) is 5.10. The average Bonchev–Trinajstić information content (AvgIpc) is 2.77. The number of nitrogens with zero attached hydrogens (tertiary/aromatic N) is 2. The van der Waals surface area contributed by atoms with Gasteiger partial charge in [-0.3, -0.25) is 9.59 Å². The van der Waals surface area contributed by atoms with E-state index in [-0.39, 0.29) is 35.6 Å². The maximum absolute atomic E-state index is 12.9. The Morgan fingerprint density at radius 2 is 1.84 bits per heavy atom. The van der Waals surface area contributed by atoms with Crippen molar-refractivity contribution < 1.29 is 32.2 Å². The summed E-state index contributed by atoms with van der Waals surface area (Å²) >= 11 is 5.94. The van der Waals surface area contributed by atoms with Crippen LogP contribution in [0.2, 0.25) is 5.02 Å². The molecule has 10 heteroatoms. The molecule has 2 heterocycles. The zero-order valence-corrected chi connectivity index (χ0v) is 17.4. The summed E-state index contributed by atoms with van der Waals surface area (Å²) < 4.78 is 46.5. The van der Waals surface area contributed by atoms with Gasteiger partial charge in [0, 0.05) is 19.3 Å². The third-order valence-corrected chi connectivity index (χ3v) is 5.50. The number of methoxy groups -OCH3 is 1. The van der Waals surface area contributed by atoms with Crippen molar-refractivity contribution in [2.75, 3.05) is 26.8 Å². The standard InChI is InChI=1S/C21H20ClF3N2O4/c1-30-19(29)20(15-5-3-2-4-6-15)7-9-27(10-8-20)18(28)14-11-16(22)17(26-12-14)31-13-21(23,24)25/h2-6,11-12H,7-10,13H2,1H3. The molecule has 0 unspecified atom stereocenters. The highest BCUT2D eigenvalue weighted by atomic mass is 35.5. The summed E-state index contributed by atoms with van der Waals surface area (Å²) in [5.41, 5.74) is 0.0947. The molecule has 0 spiro atoms. The Labute approximate surface area is 181 Å². The quantitative estimate of drug-likeness (QED) is 0.636. The summed E-state index contributed by atoms with van der Waals surface area (Å²) in [7, 11) is 1.33. The summed E-state index contributed by atoms with van der Waals surface area (Å²) in [6.07, 6.45) is -2.68. The van der Waals surface area contributed by atoms with Crippen molar-refractivity contribution in [2.24, 2.45) is 0 Å². The Hall–Kier alpha value is -2.81. The van der Waals surface area contributed by atoms with Crippen molar-refractivity contribution in [3.63, 3.8) is 0 Å². The molecule has 2 aromatic rings. The fourth-order valence-electron chi connectivity index (χ4n) is 3.64. The molecule has 0 saturated carbocycles. The minimum absolute atomic E-state index is 0.120. The van der Waals surface area contributed by atoms with Crippen LogP contribution in [0.15, 0.2) is 42.6 Å². The van der Waals surface area contributed by atoms with E-state index < -0.39 is 24.1 Å². The molecule has 1 saturated heterocycles. The Morgan fingerprint density at radius 3 is 2.39 bits per heavy atom. The first kappa shape index (κ1) is 22.9. The lowest BCUT2D eigenvalue weighted by atomic mass is 9.72. The smallest absolute Gasteiger partial charge is 0.422 e. The zero-order valence-electron chi connectivity index (χ0n) is 16.6. The van der Waals surface area contributed by atoms with Crippen LogP contribution < -0.4 is 4.74 Å². The van der Waals surface area contributed by atoms with Gasteiger partial charge in [0.1, 0.15) is 5.02 Å². The van der Waals surface area contributed by atoms with Crippen LogP contribution in [0.4, 0.5) is 13.2 Å². The van der Waals surface area contributed by atoms with E-state index in [4.69, 9.17) is 16.3 Å². The Kier molecular flexibility index (Phi) is 6.74. The molecule has 1 aliphatic heterocycles. The van der Waals surface area contributed by atoms with Gasteiger partial charge in [-0.15, -0.1) is 0 Å². The van der Waals surface area contributed by atoms with Gasteiger partial charge < -0.3 is 14.4 Å². The topological polar surface area (TPSA) is 68.7 Å². The zero-order chi connectivity index (χ0) is 22.6. The summed E-state index contributed by atoms with van der Waals surface area (Å²) in [4.78, 5) is 30.7. The number of carbonyl (C=O) groups is 2. The molecule has 1 aromatic carbocycles. The number of alkyl halides is 3. The van der Waals surface area contributed by atoms with E-state index in [1.54, 1.807) is 4.90 Å². The number of hydrogen-bond donors (Lipinski definition) is 0. The van der Waals surface area contributed by atoms with E-state index in [1.807, 2.05) is 30.3 Å². The highest BCUT2D eigenvalue weighted by Crippen LogP contribution is 2.37. The van der Waals surface area contributed by atoms with E-state index in [2.05, 4.69) is 9.72 Å². The Morgan fingerprint density at radius 1 is 1.19 bits per heavy atom. The van der Waals surface area contributed by atoms with Gasteiger partial charge in [0.2, 0.25) is 5.88 Å². The van der Waals surface area contributed by atoms with Crippen LogP contribution >= 0.6 is 11.6 Å². The SMILES string of the molecule is COC(=O)C1(c2ccccc2)CCN(C(=O)c2cnc(OCC(F)(F)F)c(Cl)c2)CC1. The second kappa shape index (κ2) is 9.13. The molecular weight excluding hydrogens is 437 g/mol. The van der Waals surface area contributed by atoms with E-state index >= 15 is 0 Å². The number of hydrogen-bond acceptors (Lipinski definition) is 5. The molecule has 3 rings (SSSR count). The van der Waals surface area contributed by atoms with Gasteiger partial charge in [-0.2, -0.15) is 13.2 Å². The number of rotatable bonds is 5. The van der Waals surface area contributed by atoms with Crippen molar-refractivity contribution in [2.45, 2.75) is 24.4 Å². The number of pyridine rings is 1. The molecule has 1 aromatic heterocycles. The van der Waals surface area contributed by atoms with Crippen molar-refractivity contribution >= 4 is 23.5 Å². The molecule has 31 heavy (non-hydrogen) atoms. The Balaban J connectivity index is 1.72. The first-order valence-corrected chi connectivity index (χ1v) is 9.82. The van der Waals surface area contributed by atoms with Gasteiger partial charge in [0.05, 0.1) is 18.1 Å². The molecule has 166 valence electrons. The fourth-order valence-corrected chi connectivity index (χ4v) is 3.86. The number of esters is 1. The van der Waals surface area contributed by atoms with Crippen LogP contribution in [-0.4, -0.2) is 54.7 Å². The molecule has 0 N–H and O–H groups in total. The largest absolute Gasteiger partial charge is 0.468 e. The highest BCUT2D eigenvalue weighted by Gasteiger charge is 2.44. The number of piperidine rings is 1. The molecule has 1 amide bonds. The normalized spacial score (nSPS) is 16.0. The van der Waals surface area contributed by atoms with Gasteiger partial charge in [0.25, 0.3) is 5.91 Å². The van der Waals surface area contributed by atoms with Crippen LogP contribution in [-0.2, 0) is 14.9 Å². The maximum Gasteiger partial charge on any atom is 0.422 e. The van der Waals surface area contributed by atoms with Crippen molar-refractivity contribution in [1.82, 2.24) is 9.88 Å². The number of aromatic nitrogens is 1. The number of likely N-dealkylation sites (tertiary alicyclic amines) is 1. The summed E-state index contributed by atoms with van der Waals surface area (Å²) in [6.45, 7) is -0.965. The summed E-state index contributed by atoms with van der Waals surface area (Å²) in [6, 6.07) is 10.5. The van der Waals surface area contributed by atoms with Crippen LogP contribution in [0.25, 0.3) is 0 Å². The molecule has 0 radical (unpaired) electrons. The molecule has 1 aliphatic rings. The van der Waals surface area contributed by atoms with E-state index in [0.717, 1.165) is 11.8 Å². The minimum Gasteiger partial charge on any atom is -0.468 e. The van der Waals surface area contributed by atoms with E-state index in [0.29, 0.717) is 12.8 Å². The monoisotopic (exact) mass is 456 g/mol. The van der Waals surface area contributed by atoms with Crippen LogP contribution in [0.1, 0.15) is 28.8 Å². The molecule has 1 fully saturated rings. The molecule has 6 nitrogen and oxygen atoms in total. The van der Waals surface area contributed by atoms with E-state index in [9.17, 15) is 22.8 Å². The second-order valence-corrected chi connectivity index (χ2v) is 7.55. The minimum atomic E-state index is -4.53. The summed E-state index contributed by atoms with van der Waals surface area (Å²) in [5.74, 6) is -1.15. The predicted octanol–water partition coefficient (Wildman–Crippen LogP) is 4.02. The molecule has 0 atom stereocenters. The highest BCUT2D eigenvalue weighted by molar-refractivity contribution is 6.32. The van der Waals surface area contributed by atoms with Crippen LogP contribution in [0.3, 0.4) is 0 Å². The lowest BCUT2D eigenvalue weighted by Gasteiger charge is -2.40. The third-order valence-electron chi connectivity index (χ3n) is 5.23. The predicted molar refractivity (Wildman–Crippen MR) is 106 cm³/mol. The van der Waals surface area contributed by atoms with Crippen LogP contribution in [0, 0.1) is 0 Å². The number of amides is 1. The fraction of sp³-hybridized carbons (Fsp3) is 0.381. The molecular formula is C21H20ClF3N2O4. The van der Waals surface area contributed by atoms with Gasteiger partial charge in [-0.25, -0.2) is 4.98 Å². The Bertz CT molecular complexity index is 945. The van der Waals surface area contributed by atoms with Crippen molar-refractivity contribution in [3.05, 3.63) is 58.7 Å². The van der Waals surface area contributed by atoms with E-state index in [1.165, 1.54) is 13.2 Å². The molecule has 0 bridgehead atoms. The first-order chi connectivity index (χ1) is 14.7. The van der Waals surface area contributed by atoms with Gasteiger partial charge in [-0.05, 0) is 24.5 Å². The number of benzene rings is 1. The maximum atomic E-state index is 12.9. The first-order valence-electron chi connectivity index (χ1n) is 9.44. The number of halogens is 4. The van der Waals surface area contributed by atoms with Crippen LogP contribution in [0.5, 0.6) is 5.88 Å². The van der Waals surface area contributed by atoms with Crippen molar-refractivity contribution in [1.29, 1.82) is 0 Å². The van der Waals surface area contributed by atoms with Gasteiger partial charge in [0.15, 0.2) is 6.61 Å². The lowest BCUT2D eigenvalue weighted by molar-refractivity contribution is -0.154. The van der Waals surface area contributed by atoms with Gasteiger partial charge in [-0.1, -0.05) is 41.9 Å². The average molecular weight is 457 g/mol. The molecule has 0 aliphatic carbocycles. The summed E-state index contributed by atoms with van der Waals surface area (Å²) in [5, 5.41) is -0.194. The second-order valence-electron chi connectivity index (χ2n) is 7.15. The number of carbonyl (C=O) groups excluding carboxylic acids is 2. The van der Waals surface area contributed by atoms with Crippen molar-refractivity contribution in [3.8, 4) is 5.88 Å². The van der Waals surface area contributed by atoms with Gasteiger partial charge >= 0.3 is 12.1 Å². The lowest BCUT2D eigenvalue weighted by Crippen LogP contribution is -2.49. The number of ether oxygens (including phenoxy) is 2.